The lowest BCUT2D eigenvalue weighted by Gasteiger charge is -2.32. The fraction of sp³-hybridized carbons (Fsp3) is 0.263. The van der Waals surface area contributed by atoms with Gasteiger partial charge in [0, 0.05) is 37.1 Å². The standard InChI is InChI=1S/C19H22N4O3/c1-22-9-3-2-4-18(22)23(12-17(20)25)19(26)8-5-13-11-21-16-7-6-14(24)10-15(13)16/h2-4,6-7,10-11,21,24H,5,8-9,12H2,1H3,(H2,20,25). The number of hydrogen-bond donors (Lipinski definition) is 3. The van der Waals surface area contributed by atoms with Crippen LogP contribution in [0.3, 0.4) is 0 Å². The van der Waals surface area contributed by atoms with E-state index >= 15 is 0 Å². The van der Waals surface area contributed by atoms with Crippen molar-refractivity contribution >= 4 is 22.7 Å². The molecule has 2 aromatic rings. The molecule has 3 rings (SSSR count). The number of amides is 2. The average molecular weight is 354 g/mol. The quantitative estimate of drug-likeness (QED) is 0.731. The third-order valence-electron chi connectivity index (χ3n) is 4.40. The Balaban J connectivity index is 1.77. The highest BCUT2D eigenvalue weighted by Crippen LogP contribution is 2.24. The highest BCUT2D eigenvalue weighted by molar-refractivity contribution is 5.87. The number of phenolic OH excluding ortho intramolecular Hbond substituents is 1. The molecule has 0 aliphatic carbocycles. The molecular weight excluding hydrogens is 332 g/mol. The van der Waals surface area contributed by atoms with Gasteiger partial charge in [-0.25, -0.2) is 0 Å². The maximum atomic E-state index is 12.8. The zero-order valence-corrected chi connectivity index (χ0v) is 14.6. The number of carbonyl (C=O) groups is 2. The summed E-state index contributed by atoms with van der Waals surface area (Å²) in [5, 5.41) is 10.6. The number of nitrogens with two attached hydrogens (primary N) is 1. The Hall–Kier alpha value is -3.22. The second kappa shape index (κ2) is 7.35. The van der Waals surface area contributed by atoms with E-state index in [0.29, 0.717) is 18.8 Å². The molecule has 0 unspecified atom stereocenters. The SMILES string of the molecule is CN1CC=CC=C1N(CC(N)=O)C(=O)CCc1c[nH]c2ccc(O)cc12. The van der Waals surface area contributed by atoms with Crippen LogP contribution in [-0.2, 0) is 16.0 Å². The van der Waals surface area contributed by atoms with Gasteiger partial charge >= 0.3 is 0 Å². The third kappa shape index (κ3) is 3.72. The summed E-state index contributed by atoms with van der Waals surface area (Å²) in [4.78, 5) is 30.7. The molecule has 7 nitrogen and oxygen atoms in total. The average Bonchev–Trinajstić information content (AvgIpc) is 3.00. The van der Waals surface area contributed by atoms with Crippen molar-refractivity contribution in [1.82, 2.24) is 14.8 Å². The van der Waals surface area contributed by atoms with Crippen molar-refractivity contribution < 1.29 is 14.7 Å². The molecule has 0 saturated heterocycles. The first-order chi connectivity index (χ1) is 12.5. The summed E-state index contributed by atoms with van der Waals surface area (Å²) in [6.07, 6.45) is 8.18. The fourth-order valence-electron chi connectivity index (χ4n) is 3.09. The molecular formula is C19H22N4O3. The van der Waals surface area contributed by atoms with Crippen molar-refractivity contribution in [2.45, 2.75) is 12.8 Å². The smallest absolute Gasteiger partial charge is 0.237 e. The molecule has 2 amide bonds. The maximum absolute atomic E-state index is 12.8. The number of benzene rings is 1. The molecule has 1 aromatic carbocycles. The molecule has 0 saturated carbocycles. The lowest BCUT2D eigenvalue weighted by Crippen LogP contribution is -2.43. The highest BCUT2D eigenvalue weighted by atomic mass is 16.3. The summed E-state index contributed by atoms with van der Waals surface area (Å²) < 4.78 is 0. The predicted octanol–water partition coefficient (Wildman–Crippen LogP) is 1.46. The van der Waals surface area contributed by atoms with Crippen LogP contribution in [0.25, 0.3) is 10.9 Å². The van der Waals surface area contributed by atoms with Crippen molar-refractivity contribution in [3.05, 3.63) is 54.0 Å². The van der Waals surface area contributed by atoms with E-state index in [1.807, 2.05) is 30.3 Å². The van der Waals surface area contributed by atoms with Crippen LogP contribution in [-0.4, -0.2) is 51.8 Å². The van der Waals surface area contributed by atoms with Gasteiger partial charge < -0.3 is 20.7 Å². The van der Waals surface area contributed by atoms with Gasteiger partial charge in [-0.05, 0) is 36.3 Å². The van der Waals surface area contributed by atoms with Crippen LogP contribution in [0, 0.1) is 0 Å². The van der Waals surface area contributed by atoms with E-state index in [1.165, 1.54) is 4.90 Å². The van der Waals surface area contributed by atoms with Gasteiger partial charge in [-0.1, -0.05) is 12.2 Å². The highest BCUT2D eigenvalue weighted by Gasteiger charge is 2.23. The number of H-pyrrole nitrogens is 1. The molecule has 26 heavy (non-hydrogen) atoms. The minimum absolute atomic E-state index is 0.155. The molecule has 0 bridgehead atoms. The number of primary amides is 1. The molecule has 2 heterocycles. The van der Waals surface area contributed by atoms with Crippen molar-refractivity contribution in [3.63, 3.8) is 0 Å². The maximum Gasteiger partial charge on any atom is 0.237 e. The summed E-state index contributed by atoms with van der Waals surface area (Å²) in [5.41, 5.74) is 7.18. The van der Waals surface area contributed by atoms with E-state index in [0.717, 1.165) is 16.5 Å². The van der Waals surface area contributed by atoms with Crippen LogP contribution >= 0.6 is 0 Å². The van der Waals surface area contributed by atoms with Gasteiger partial charge in [-0.3, -0.25) is 14.5 Å². The van der Waals surface area contributed by atoms with Gasteiger partial charge in [0.15, 0.2) is 0 Å². The molecule has 136 valence electrons. The van der Waals surface area contributed by atoms with E-state index in [-0.39, 0.29) is 24.6 Å². The number of aromatic nitrogens is 1. The minimum Gasteiger partial charge on any atom is -0.508 e. The van der Waals surface area contributed by atoms with Crippen molar-refractivity contribution in [3.8, 4) is 5.75 Å². The number of aromatic amines is 1. The van der Waals surface area contributed by atoms with Gasteiger partial charge in [-0.2, -0.15) is 0 Å². The van der Waals surface area contributed by atoms with Crippen LogP contribution in [0.2, 0.25) is 0 Å². The lowest BCUT2D eigenvalue weighted by molar-refractivity contribution is -0.134. The normalized spacial score (nSPS) is 13.7. The number of fused-ring (bicyclic) bond motifs is 1. The number of phenols is 1. The van der Waals surface area contributed by atoms with E-state index < -0.39 is 5.91 Å². The van der Waals surface area contributed by atoms with Crippen LogP contribution < -0.4 is 5.73 Å². The third-order valence-corrected chi connectivity index (χ3v) is 4.40. The number of nitrogens with zero attached hydrogens (tertiary/aromatic N) is 2. The number of aryl methyl sites for hydroxylation is 1. The topological polar surface area (TPSA) is 103 Å². The van der Waals surface area contributed by atoms with Gasteiger partial charge in [0.2, 0.25) is 11.8 Å². The lowest BCUT2D eigenvalue weighted by atomic mass is 10.1. The van der Waals surface area contributed by atoms with E-state index in [1.54, 1.807) is 24.3 Å². The summed E-state index contributed by atoms with van der Waals surface area (Å²) in [6.45, 7) is 0.508. The predicted molar refractivity (Wildman–Crippen MR) is 99.0 cm³/mol. The largest absolute Gasteiger partial charge is 0.508 e. The Bertz CT molecular complexity index is 897. The number of rotatable bonds is 6. The number of nitrogens with one attached hydrogen (secondary N) is 1. The molecule has 4 N–H and O–H groups in total. The molecule has 0 radical (unpaired) electrons. The number of hydrogen-bond acceptors (Lipinski definition) is 4. The van der Waals surface area contributed by atoms with E-state index in [9.17, 15) is 14.7 Å². The Kier molecular flexibility index (Phi) is 4.97. The van der Waals surface area contributed by atoms with Gasteiger partial charge in [0.25, 0.3) is 0 Å². The Morgan fingerprint density at radius 2 is 2.19 bits per heavy atom. The Morgan fingerprint density at radius 1 is 1.38 bits per heavy atom. The number of likely N-dealkylation sites (N-methyl/N-ethyl adjacent to an activating group) is 1. The van der Waals surface area contributed by atoms with Gasteiger partial charge in [0.05, 0.1) is 0 Å². The Labute approximate surface area is 151 Å². The van der Waals surface area contributed by atoms with Gasteiger partial charge in [-0.15, -0.1) is 0 Å². The second-order valence-electron chi connectivity index (χ2n) is 6.32. The summed E-state index contributed by atoms with van der Waals surface area (Å²) in [6, 6.07) is 5.08. The van der Waals surface area contributed by atoms with Gasteiger partial charge in [0.1, 0.15) is 18.1 Å². The monoisotopic (exact) mass is 354 g/mol. The Morgan fingerprint density at radius 3 is 2.92 bits per heavy atom. The summed E-state index contributed by atoms with van der Waals surface area (Å²) >= 11 is 0. The molecule has 0 atom stereocenters. The van der Waals surface area contributed by atoms with Crippen LogP contribution in [0.15, 0.2) is 48.4 Å². The van der Waals surface area contributed by atoms with Crippen LogP contribution in [0.1, 0.15) is 12.0 Å². The first kappa shape index (κ1) is 17.6. The molecule has 0 spiro atoms. The van der Waals surface area contributed by atoms with Crippen molar-refractivity contribution in [2.75, 3.05) is 20.1 Å². The van der Waals surface area contributed by atoms with Crippen LogP contribution in [0.4, 0.5) is 0 Å². The molecule has 1 aliphatic heterocycles. The molecule has 1 aromatic heterocycles. The molecule has 1 aliphatic rings. The second-order valence-corrected chi connectivity index (χ2v) is 6.32. The number of allylic oxidation sites excluding steroid dienone is 2. The summed E-state index contributed by atoms with van der Waals surface area (Å²) in [7, 11) is 1.86. The fourth-order valence-corrected chi connectivity index (χ4v) is 3.09. The van der Waals surface area contributed by atoms with Crippen LogP contribution in [0.5, 0.6) is 5.75 Å². The first-order valence-corrected chi connectivity index (χ1v) is 8.41. The number of aromatic hydroxyl groups is 1. The molecule has 7 heteroatoms. The van der Waals surface area contributed by atoms with E-state index in [4.69, 9.17) is 5.73 Å². The molecule has 0 fully saturated rings. The zero-order chi connectivity index (χ0) is 18.7. The van der Waals surface area contributed by atoms with Crippen molar-refractivity contribution in [2.24, 2.45) is 5.73 Å². The zero-order valence-electron chi connectivity index (χ0n) is 14.6. The number of carbonyl (C=O) groups excluding carboxylic acids is 2. The summed E-state index contributed by atoms with van der Waals surface area (Å²) in [5.74, 6) is 0.111. The van der Waals surface area contributed by atoms with E-state index in [2.05, 4.69) is 4.98 Å². The first-order valence-electron chi connectivity index (χ1n) is 8.41. The minimum atomic E-state index is -0.556. The van der Waals surface area contributed by atoms with Crippen molar-refractivity contribution in [1.29, 1.82) is 0 Å².